The second-order valence-corrected chi connectivity index (χ2v) is 7.44. The van der Waals surface area contributed by atoms with Gasteiger partial charge in [0, 0.05) is 12.1 Å². The van der Waals surface area contributed by atoms with E-state index in [-0.39, 0.29) is 16.6 Å². The van der Waals surface area contributed by atoms with Crippen molar-refractivity contribution in [2.24, 2.45) is 0 Å². The van der Waals surface area contributed by atoms with Crippen LogP contribution in [0.15, 0.2) is 65.2 Å². The molecule has 1 heterocycles. The van der Waals surface area contributed by atoms with Crippen LogP contribution in [0, 0.1) is 12.7 Å². The molecule has 0 saturated carbocycles. The molecule has 1 unspecified atom stereocenters. The molecule has 1 N–H and O–H groups in total. The van der Waals surface area contributed by atoms with Gasteiger partial charge in [0.2, 0.25) is 0 Å². The molecule has 2 aromatic rings. The van der Waals surface area contributed by atoms with Crippen LogP contribution in [0.4, 0.5) is 4.39 Å². The summed E-state index contributed by atoms with van der Waals surface area (Å²) in [4.78, 5) is 0.193. The van der Waals surface area contributed by atoms with E-state index in [0.29, 0.717) is 18.8 Å². The van der Waals surface area contributed by atoms with Gasteiger partial charge in [-0.05, 0) is 41.8 Å². The molecule has 126 valence electrons. The van der Waals surface area contributed by atoms with E-state index < -0.39 is 10.0 Å². The van der Waals surface area contributed by atoms with Gasteiger partial charge in [-0.3, -0.25) is 4.72 Å². The maximum Gasteiger partial charge on any atom is 0.261 e. The van der Waals surface area contributed by atoms with Gasteiger partial charge in [0.05, 0.1) is 18.1 Å². The molecule has 0 bridgehead atoms. The first kappa shape index (κ1) is 16.7. The van der Waals surface area contributed by atoms with Crippen LogP contribution in [0.3, 0.4) is 0 Å². The summed E-state index contributed by atoms with van der Waals surface area (Å²) in [5.41, 5.74) is 2.13. The lowest BCUT2D eigenvalue weighted by Crippen LogP contribution is -2.19. The molecule has 0 spiro atoms. The van der Waals surface area contributed by atoms with E-state index >= 15 is 0 Å². The summed E-state index contributed by atoms with van der Waals surface area (Å²) < 4.78 is 46.3. The zero-order chi connectivity index (χ0) is 17.2. The molecule has 1 atom stereocenters. The molecule has 2 aromatic carbocycles. The van der Waals surface area contributed by atoms with Crippen LogP contribution in [0.1, 0.15) is 17.0 Å². The molecular weight excluding hydrogens is 329 g/mol. The van der Waals surface area contributed by atoms with Gasteiger partial charge in [0.1, 0.15) is 5.82 Å². The van der Waals surface area contributed by atoms with Crippen molar-refractivity contribution in [2.45, 2.75) is 17.7 Å². The highest BCUT2D eigenvalue weighted by Gasteiger charge is 2.25. The van der Waals surface area contributed by atoms with Crippen LogP contribution < -0.4 is 4.72 Å². The average molecular weight is 347 g/mol. The third-order valence-electron chi connectivity index (χ3n) is 4.05. The van der Waals surface area contributed by atoms with Gasteiger partial charge in [-0.1, -0.05) is 30.3 Å². The number of hydrogen-bond donors (Lipinski definition) is 1. The fourth-order valence-electron chi connectivity index (χ4n) is 2.60. The summed E-state index contributed by atoms with van der Waals surface area (Å²) in [6.45, 7) is 2.42. The predicted molar refractivity (Wildman–Crippen MR) is 89.5 cm³/mol. The summed E-state index contributed by atoms with van der Waals surface area (Å²) in [6.07, 6.45) is 1.46. The van der Waals surface area contributed by atoms with Gasteiger partial charge in [0.25, 0.3) is 10.0 Å². The largest absolute Gasteiger partial charge is 0.376 e. The molecule has 0 aromatic heterocycles. The van der Waals surface area contributed by atoms with Crippen LogP contribution in [0.5, 0.6) is 0 Å². The molecule has 1 saturated heterocycles. The first-order valence-electron chi connectivity index (χ1n) is 7.57. The van der Waals surface area contributed by atoms with Crippen molar-refractivity contribution in [3.8, 4) is 0 Å². The van der Waals surface area contributed by atoms with Gasteiger partial charge in [-0.25, -0.2) is 12.8 Å². The third kappa shape index (κ3) is 3.49. The monoisotopic (exact) mass is 347 g/mol. The lowest BCUT2D eigenvalue weighted by atomic mass is 9.94. The Kier molecular flexibility index (Phi) is 4.69. The molecule has 3 rings (SSSR count). The minimum Gasteiger partial charge on any atom is -0.376 e. The highest BCUT2D eigenvalue weighted by atomic mass is 32.2. The van der Waals surface area contributed by atoms with Crippen molar-refractivity contribution in [1.82, 2.24) is 4.72 Å². The number of sulfonamides is 1. The van der Waals surface area contributed by atoms with Gasteiger partial charge in [-0.2, -0.15) is 0 Å². The highest BCUT2D eigenvalue weighted by molar-refractivity contribution is 7.89. The fraction of sp³-hybridized carbons (Fsp3) is 0.222. The average Bonchev–Trinajstić information content (AvgIpc) is 3.05. The van der Waals surface area contributed by atoms with Crippen molar-refractivity contribution >= 4 is 10.0 Å². The van der Waals surface area contributed by atoms with Crippen LogP contribution in [-0.2, 0) is 14.8 Å². The second kappa shape index (κ2) is 6.75. The Balaban J connectivity index is 1.83. The number of aryl methyl sites for hydroxylation is 1. The Hall–Kier alpha value is -2.18. The SMILES string of the molecule is Cc1ccc(C2COCC2=CNS(=O)(=O)c2ccccc2)cc1F. The van der Waals surface area contributed by atoms with Gasteiger partial charge < -0.3 is 4.74 Å². The normalized spacial score (nSPS) is 19.6. The summed E-state index contributed by atoms with van der Waals surface area (Å²) in [7, 11) is -3.62. The quantitative estimate of drug-likeness (QED) is 0.925. The van der Waals surface area contributed by atoms with Crippen molar-refractivity contribution in [3.63, 3.8) is 0 Å². The van der Waals surface area contributed by atoms with E-state index in [4.69, 9.17) is 4.74 Å². The lowest BCUT2D eigenvalue weighted by Gasteiger charge is -2.12. The van der Waals surface area contributed by atoms with Crippen molar-refractivity contribution < 1.29 is 17.5 Å². The van der Waals surface area contributed by atoms with E-state index in [1.54, 1.807) is 31.2 Å². The maximum absolute atomic E-state index is 13.8. The molecule has 0 radical (unpaired) electrons. The maximum atomic E-state index is 13.8. The van der Waals surface area contributed by atoms with Crippen molar-refractivity contribution in [3.05, 3.63) is 77.2 Å². The summed E-state index contributed by atoms with van der Waals surface area (Å²) in [5.74, 6) is -0.429. The second-order valence-electron chi connectivity index (χ2n) is 5.73. The predicted octanol–water partition coefficient (Wildman–Crippen LogP) is 3.11. The molecule has 0 aliphatic carbocycles. The summed E-state index contributed by atoms with van der Waals surface area (Å²) in [6, 6.07) is 13.2. The minimum atomic E-state index is -3.62. The first-order valence-corrected chi connectivity index (χ1v) is 9.06. The number of nitrogens with one attached hydrogen (secondary N) is 1. The van der Waals surface area contributed by atoms with Crippen LogP contribution in [0.2, 0.25) is 0 Å². The number of rotatable bonds is 4. The van der Waals surface area contributed by atoms with Gasteiger partial charge in [0.15, 0.2) is 0 Å². The zero-order valence-electron chi connectivity index (χ0n) is 13.2. The molecular formula is C18H18FNO3S. The summed E-state index contributed by atoms with van der Waals surface area (Å²) >= 11 is 0. The smallest absolute Gasteiger partial charge is 0.261 e. The zero-order valence-corrected chi connectivity index (χ0v) is 14.0. The number of benzene rings is 2. The molecule has 6 heteroatoms. The van der Waals surface area contributed by atoms with E-state index in [9.17, 15) is 12.8 Å². The molecule has 24 heavy (non-hydrogen) atoms. The molecule has 1 aliphatic rings. The Morgan fingerprint density at radius 3 is 2.67 bits per heavy atom. The summed E-state index contributed by atoms with van der Waals surface area (Å²) in [5, 5.41) is 0. The Morgan fingerprint density at radius 1 is 1.21 bits per heavy atom. The van der Waals surface area contributed by atoms with Crippen LogP contribution >= 0.6 is 0 Å². The van der Waals surface area contributed by atoms with Crippen molar-refractivity contribution in [2.75, 3.05) is 13.2 Å². The van der Waals surface area contributed by atoms with E-state index in [1.807, 2.05) is 6.07 Å². The number of halogens is 1. The molecule has 4 nitrogen and oxygen atoms in total. The molecule has 1 aliphatic heterocycles. The Bertz CT molecular complexity index is 863. The highest BCUT2D eigenvalue weighted by Crippen LogP contribution is 2.31. The molecule has 1 fully saturated rings. The van der Waals surface area contributed by atoms with Crippen LogP contribution in [-0.4, -0.2) is 21.6 Å². The van der Waals surface area contributed by atoms with E-state index in [2.05, 4.69) is 4.72 Å². The number of hydrogen-bond acceptors (Lipinski definition) is 3. The molecule has 0 amide bonds. The first-order chi connectivity index (χ1) is 11.5. The topological polar surface area (TPSA) is 55.4 Å². The van der Waals surface area contributed by atoms with E-state index in [0.717, 1.165) is 11.1 Å². The van der Waals surface area contributed by atoms with E-state index in [1.165, 1.54) is 24.4 Å². The minimum absolute atomic E-state index is 0.154. The fourth-order valence-corrected chi connectivity index (χ4v) is 3.56. The standard InChI is InChI=1S/C18H18FNO3S/c1-13-7-8-14(9-18(13)19)17-12-23-11-15(17)10-20-24(21,22)16-5-3-2-4-6-16/h2-10,17,20H,11-12H2,1H3. The third-order valence-corrected chi connectivity index (χ3v) is 5.37. The Morgan fingerprint density at radius 2 is 1.96 bits per heavy atom. The van der Waals surface area contributed by atoms with Gasteiger partial charge in [-0.15, -0.1) is 0 Å². The van der Waals surface area contributed by atoms with Crippen LogP contribution in [0.25, 0.3) is 0 Å². The lowest BCUT2D eigenvalue weighted by molar-refractivity contribution is 0.198. The van der Waals surface area contributed by atoms with Crippen molar-refractivity contribution in [1.29, 1.82) is 0 Å². The van der Waals surface area contributed by atoms with Gasteiger partial charge >= 0.3 is 0 Å². The Labute approximate surface area is 141 Å². The number of ether oxygens (including phenoxy) is 1.